The Bertz CT molecular complexity index is 345. The lowest BCUT2D eigenvalue weighted by Gasteiger charge is -2.32. The van der Waals surface area contributed by atoms with Gasteiger partial charge in [0.25, 0.3) is 0 Å². The number of hydrogen-bond acceptors (Lipinski definition) is 3. The van der Waals surface area contributed by atoms with Crippen molar-refractivity contribution < 1.29 is 0 Å². The van der Waals surface area contributed by atoms with E-state index in [1.165, 1.54) is 25.1 Å². The molecule has 0 bridgehead atoms. The first-order valence-corrected chi connectivity index (χ1v) is 7.49. The summed E-state index contributed by atoms with van der Waals surface area (Å²) in [5, 5.41) is 4.41. The fourth-order valence-electron chi connectivity index (χ4n) is 2.79. The van der Waals surface area contributed by atoms with E-state index in [2.05, 4.69) is 42.5 Å². The third-order valence-electron chi connectivity index (χ3n) is 3.86. The number of nitrogens with zero attached hydrogens (tertiary/aromatic N) is 1. The molecule has 96 valence electrons. The van der Waals surface area contributed by atoms with Crippen molar-refractivity contribution in [3.8, 4) is 0 Å². The molecule has 1 aliphatic rings. The Hall–Kier alpha value is -0.380. The second-order valence-electron chi connectivity index (χ2n) is 5.96. The summed E-state index contributed by atoms with van der Waals surface area (Å²) in [6, 6.07) is 2.89. The van der Waals surface area contributed by atoms with E-state index >= 15 is 0 Å². The third-order valence-corrected chi connectivity index (χ3v) is 4.56. The molecule has 2 nitrogen and oxygen atoms in total. The van der Waals surface area contributed by atoms with Gasteiger partial charge in [0.2, 0.25) is 0 Å². The van der Waals surface area contributed by atoms with Gasteiger partial charge in [-0.25, -0.2) is 0 Å². The lowest BCUT2D eigenvalue weighted by molar-refractivity contribution is 0.189. The summed E-state index contributed by atoms with van der Waals surface area (Å²) in [5.74, 6) is 0. The van der Waals surface area contributed by atoms with Crippen LogP contribution >= 0.6 is 11.3 Å². The summed E-state index contributed by atoms with van der Waals surface area (Å²) in [6.07, 6.45) is 2.32. The van der Waals surface area contributed by atoms with E-state index in [0.29, 0.717) is 11.5 Å². The van der Waals surface area contributed by atoms with Gasteiger partial charge in [-0.2, -0.15) is 11.3 Å². The Kier molecular flexibility index (Phi) is 3.91. The maximum absolute atomic E-state index is 6.34. The molecule has 1 aromatic heterocycles. The molecule has 2 unspecified atom stereocenters. The molecule has 1 aliphatic heterocycles. The zero-order chi connectivity index (χ0) is 12.5. The number of likely N-dealkylation sites (tertiary alicyclic amines) is 1. The van der Waals surface area contributed by atoms with Crippen molar-refractivity contribution in [2.24, 2.45) is 11.1 Å². The molecule has 2 rings (SSSR count). The maximum Gasteiger partial charge on any atom is 0.0507 e. The predicted octanol–water partition coefficient (Wildman–Crippen LogP) is 3.26. The molecular weight excluding hydrogens is 228 g/mol. The Morgan fingerprint density at radius 3 is 2.76 bits per heavy atom. The first-order valence-electron chi connectivity index (χ1n) is 6.55. The van der Waals surface area contributed by atoms with E-state index in [9.17, 15) is 0 Å². The molecule has 1 fully saturated rings. The van der Waals surface area contributed by atoms with Crippen LogP contribution in [-0.4, -0.2) is 24.0 Å². The second kappa shape index (κ2) is 5.09. The first-order chi connectivity index (χ1) is 8.03. The highest BCUT2D eigenvalue weighted by Gasteiger charge is 2.35. The summed E-state index contributed by atoms with van der Waals surface area (Å²) < 4.78 is 0. The van der Waals surface area contributed by atoms with Crippen LogP contribution in [0.1, 0.15) is 45.2 Å². The predicted molar refractivity (Wildman–Crippen MR) is 75.3 cm³/mol. The largest absolute Gasteiger partial charge is 0.326 e. The molecule has 3 heteroatoms. The summed E-state index contributed by atoms with van der Waals surface area (Å²) >= 11 is 1.77. The standard InChI is InChI=1S/C14H24N2S/c1-4-12(15)13(11-5-8-17-9-11)16-7-6-14(2,3)10-16/h5,8-9,12-13H,4,6-7,10,15H2,1-3H3. The minimum absolute atomic E-state index is 0.249. The van der Waals surface area contributed by atoms with Crippen LogP contribution in [0.3, 0.4) is 0 Å². The minimum Gasteiger partial charge on any atom is -0.326 e. The monoisotopic (exact) mass is 252 g/mol. The van der Waals surface area contributed by atoms with Crippen LogP contribution in [0.5, 0.6) is 0 Å². The van der Waals surface area contributed by atoms with E-state index in [1.54, 1.807) is 11.3 Å². The molecule has 0 spiro atoms. The summed E-state index contributed by atoms with van der Waals surface area (Å²) in [4.78, 5) is 2.58. The maximum atomic E-state index is 6.34. The van der Waals surface area contributed by atoms with Crippen LogP contribution in [0.25, 0.3) is 0 Å². The number of thiophene rings is 1. The van der Waals surface area contributed by atoms with E-state index in [0.717, 1.165) is 6.42 Å². The average molecular weight is 252 g/mol. The van der Waals surface area contributed by atoms with Crippen LogP contribution in [0.4, 0.5) is 0 Å². The summed E-state index contributed by atoms with van der Waals surface area (Å²) in [5.41, 5.74) is 8.19. The normalized spacial score (nSPS) is 23.8. The highest BCUT2D eigenvalue weighted by Crippen LogP contribution is 2.36. The lowest BCUT2D eigenvalue weighted by atomic mass is 9.93. The van der Waals surface area contributed by atoms with Crippen LogP contribution in [0, 0.1) is 5.41 Å². The molecule has 0 saturated carbocycles. The van der Waals surface area contributed by atoms with Gasteiger partial charge in [-0.05, 0) is 47.2 Å². The van der Waals surface area contributed by atoms with Crippen molar-refractivity contribution in [3.63, 3.8) is 0 Å². The fraction of sp³-hybridized carbons (Fsp3) is 0.714. The van der Waals surface area contributed by atoms with E-state index in [4.69, 9.17) is 5.73 Å². The first kappa shape index (κ1) is 13.1. The molecule has 17 heavy (non-hydrogen) atoms. The Morgan fingerprint density at radius 2 is 2.29 bits per heavy atom. The molecule has 2 atom stereocenters. The smallest absolute Gasteiger partial charge is 0.0507 e. The molecule has 0 amide bonds. The van der Waals surface area contributed by atoms with Crippen LogP contribution in [-0.2, 0) is 0 Å². The highest BCUT2D eigenvalue weighted by atomic mass is 32.1. The van der Waals surface area contributed by atoms with Gasteiger partial charge in [0, 0.05) is 12.6 Å². The van der Waals surface area contributed by atoms with Gasteiger partial charge in [0.05, 0.1) is 6.04 Å². The molecule has 2 N–H and O–H groups in total. The Morgan fingerprint density at radius 1 is 1.53 bits per heavy atom. The van der Waals surface area contributed by atoms with Gasteiger partial charge in [-0.3, -0.25) is 4.90 Å². The molecule has 0 aromatic carbocycles. The molecular formula is C14H24N2S. The van der Waals surface area contributed by atoms with Gasteiger partial charge in [-0.15, -0.1) is 0 Å². The van der Waals surface area contributed by atoms with Crippen LogP contribution in [0.2, 0.25) is 0 Å². The van der Waals surface area contributed by atoms with Crippen molar-refractivity contribution >= 4 is 11.3 Å². The molecule has 1 saturated heterocycles. The number of rotatable bonds is 4. The van der Waals surface area contributed by atoms with Crippen LogP contribution in [0.15, 0.2) is 16.8 Å². The summed E-state index contributed by atoms with van der Waals surface area (Å²) in [7, 11) is 0. The minimum atomic E-state index is 0.249. The molecule has 0 radical (unpaired) electrons. The third kappa shape index (κ3) is 2.90. The van der Waals surface area contributed by atoms with Gasteiger partial charge >= 0.3 is 0 Å². The van der Waals surface area contributed by atoms with Gasteiger partial charge in [0.1, 0.15) is 0 Å². The average Bonchev–Trinajstić information content (AvgIpc) is 2.89. The summed E-state index contributed by atoms with van der Waals surface area (Å²) in [6.45, 7) is 9.25. The van der Waals surface area contributed by atoms with Gasteiger partial charge in [-0.1, -0.05) is 20.8 Å². The van der Waals surface area contributed by atoms with Crippen LogP contribution < -0.4 is 5.73 Å². The van der Waals surface area contributed by atoms with Gasteiger partial charge in [0.15, 0.2) is 0 Å². The van der Waals surface area contributed by atoms with E-state index in [-0.39, 0.29) is 6.04 Å². The van der Waals surface area contributed by atoms with Crippen molar-refractivity contribution in [1.29, 1.82) is 0 Å². The van der Waals surface area contributed by atoms with Crippen molar-refractivity contribution in [2.75, 3.05) is 13.1 Å². The topological polar surface area (TPSA) is 29.3 Å². The molecule has 2 heterocycles. The molecule has 1 aromatic rings. The SMILES string of the molecule is CCC(N)C(c1ccsc1)N1CCC(C)(C)C1. The highest BCUT2D eigenvalue weighted by molar-refractivity contribution is 7.07. The Labute approximate surface area is 109 Å². The second-order valence-corrected chi connectivity index (χ2v) is 6.74. The number of nitrogens with two attached hydrogens (primary N) is 1. The van der Waals surface area contributed by atoms with Crippen molar-refractivity contribution in [1.82, 2.24) is 4.90 Å². The number of hydrogen-bond donors (Lipinski definition) is 1. The lowest BCUT2D eigenvalue weighted by Crippen LogP contribution is -2.40. The van der Waals surface area contributed by atoms with E-state index in [1.807, 2.05) is 0 Å². The molecule has 0 aliphatic carbocycles. The van der Waals surface area contributed by atoms with Crippen molar-refractivity contribution in [2.45, 2.75) is 45.7 Å². The zero-order valence-corrected chi connectivity index (χ0v) is 12.0. The van der Waals surface area contributed by atoms with E-state index < -0.39 is 0 Å². The fourth-order valence-corrected chi connectivity index (χ4v) is 3.48. The van der Waals surface area contributed by atoms with Gasteiger partial charge < -0.3 is 5.73 Å². The van der Waals surface area contributed by atoms with Crippen molar-refractivity contribution in [3.05, 3.63) is 22.4 Å². The zero-order valence-electron chi connectivity index (χ0n) is 11.1. The Balaban J connectivity index is 2.17. The quantitative estimate of drug-likeness (QED) is 0.891.